The number of rotatable bonds is 3. The fourth-order valence-corrected chi connectivity index (χ4v) is 2.08. The molecule has 0 aromatic heterocycles. The van der Waals surface area contributed by atoms with Gasteiger partial charge in [0.2, 0.25) is 10.0 Å². The second-order valence-electron chi connectivity index (χ2n) is 3.76. The monoisotopic (exact) mass is 277 g/mol. The zero-order chi connectivity index (χ0) is 12.5. The van der Waals surface area contributed by atoms with Gasteiger partial charge in [0.1, 0.15) is 12.7 Å². The minimum atomic E-state index is -3.21. The van der Waals surface area contributed by atoms with E-state index < -0.39 is 10.0 Å². The SMILES string of the molecule is CS(=O)(=O)NC[C@H]1COc2cc(Cl)ccc2O1. The van der Waals surface area contributed by atoms with E-state index in [0.717, 1.165) is 6.26 Å². The van der Waals surface area contributed by atoms with Gasteiger partial charge in [-0.25, -0.2) is 13.1 Å². The molecule has 1 aliphatic rings. The number of nitrogens with one attached hydrogen (secondary N) is 1. The summed E-state index contributed by atoms with van der Waals surface area (Å²) in [6.07, 6.45) is 0.767. The van der Waals surface area contributed by atoms with E-state index in [0.29, 0.717) is 16.5 Å². The highest BCUT2D eigenvalue weighted by Crippen LogP contribution is 2.33. The molecule has 2 rings (SSSR count). The summed E-state index contributed by atoms with van der Waals surface area (Å²) >= 11 is 5.81. The molecule has 94 valence electrons. The summed E-state index contributed by atoms with van der Waals surface area (Å²) in [6.45, 7) is 0.469. The quantitative estimate of drug-likeness (QED) is 0.896. The molecule has 0 unspecified atom stereocenters. The van der Waals surface area contributed by atoms with Crippen LogP contribution in [0.25, 0.3) is 0 Å². The van der Waals surface area contributed by atoms with E-state index in [1.165, 1.54) is 0 Å². The number of sulfonamides is 1. The lowest BCUT2D eigenvalue weighted by Crippen LogP contribution is -2.40. The van der Waals surface area contributed by atoms with Gasteiger partial charge in [0.05, 0.1) is 12.8 Å². The number of ether oxygens (including phenoxy) is 2. The number of hydrogen-bond acceptors (Lipinski definition) is 4. The fraction of sp³-hybridized carbons (Fsp3) is 0.400. The Kier molecular flexibility index (Phi) is 3.46. The summed E-state index contributed by atoms with van der Waals surface area (Å²) < 4.78 is 35.3. The molecule has 0 aliphatic carbocycles. The van der Waals surface area contributed by atoms with E-state index in [9.17, 15) is 8.42 Å². The van der Waals surface area contributed by atoms with Crippen LogP contribution in [0.15, 0.2) is 18.2 Å². The van der Waals surface area contributed by atoms with Crippen LogP contribution in [0.3, 0.4) is 0 Å². The van der Waals surface area contributed by atoms with E-state index in [2.05, 4.69) is 4.72 Å². The molecule has 1 aromatic rings. The molecule has 0 fully saturated rings. The van der Waals surface area contributed by atoms with Gasteiger partial charge in [-0.2, -0.15) is 0 Å². The van der Waals surface area contributed by atoms with Crippen molar-refractivity contribution in [2.75, 3.05) is 19.4 Å². The van der Waals surface area contributed by atoms with Crippen molar-refractivity contribution in [3.63, 3.8) is 0 Å². The molecular weight excluding hydrogens is 266 g/mol. The van der Waals surface area contributed by atoms with Gasteiger partial charge in [-0.15, -0.1) is 0 Å². The molecule has 5 nitrogen and oxygen atoms in total. The Morgan fingerprint density at radius 2 is 2.24 bits per heavy atom. The topological polar surface area (TPSA) is 64.6 Å². The van der Waals surface area contributed by atoms with E-state index in [1.807, 2.05) is 0 Å². The summed E-state index contributed by atoms with van der Waals surface area (Å²) in [4.78, 5) is 0. The largest absolute Gasteiger partial charge is 0.486 e. The minimum Gasteiger partial charge on any atom is -0.486 e. The smallest absolute Gasteiger partial charge is 0.208 e. The van der Waals surface area contributed by atoms with Gasteiger partial charge in [0.15, 0.2) is 11.5 Å². The zero-order valence-corrected chi connectivity index (χ0v) is 10.7. The van der Waals surface area contributed by atoms with Crippen molar-refractivity contribution in [2.45, 2.75) is 6.10 Å². The molecular formula is C10H12ClNO4S. The summed E-state index contributed by atoms with van der Waals surface area (Å²) in [5, 5.41) is 0.570. The summed E-state index contributed by atoms with van der Waals surface area (Å²) in [6, 6.07) is 5.05. The number of halogens is 1. The lowest BCUT2D eigenvalue weighted by molar-refractivity contribution is 0.0943. The Bertz CT molecular complexity index is 517. The molecule has 7 heteroatoms. The standard InChI is InChI=1S/C10H12ClNO4S/c1-17(13,14)12-5-8-6-15-10-4-7(11)2-3-9(10)16-8/h2-4,8,12H,5-6H2,1H3/t8-/m0/s1. The molecule has 0 saturated heterocycles. The summed E-state index contributed by atoms with van der Waals surface area (Å²) in [5.74, 6) is 1.15. The second kappa shape index (κ2) is 4.72. The molecule has 1 N–H and O–H groups in total. The Morgan fingerprint density at radius 1 is 1.47 bits per heavy atom. The van der Waals surface area contributed by atoms with Crippen LogP contribution in [0.1, 0.15) is 0 Å². The van der Waals surface area contributed by atoms with Crippen molar-refractivity contribution >= 4 is 21.6 Å². The highest BCUT2D eigenvalue weighted by Gasteiger charge is 2.21. The van der Waals surface area contributed by atoms with Crippen LogP contribution in [-0.4, -0.2) is 33.9 Å². The zero-order valence-electron chi connectivity index (χ0n) is 9.14. The molecule has 0 radical (unpaired) electrons. The molecule has 1 aliphatic heterocycles. The maximum atomic E-state index is 10.9. The van der Waals surface area contributed by atoms with Gasteiger partial charge in [0, 0.05) is 11.1 Å². The number of fused-ring (bicyclic) bond motifs is 1. The molecule has 1 atom stereocenters. The Balaban J connectivity index is 2.01. The minimum absolute atomic E-state index is 0.181. The van der Waals surface area contributed by atoms with Crippen LogP contribution in [-0.2, 0) is 10.0 Å². The van der Waals surface area contributed by atoms with Crippen LogP contribution in [0.5, 0.6) is 11.5 Å². The van der Waals surface area contributed by atoms with Crippen LogP contribution in [0.4, 0.5) is 0 Å². The van der Waals surface area contributed by atoms with E-state index in [-0.39, 0.29) is 19.3 Å². The number of hydrogen-bond donors (Lipinski definition) is 1. The molecule has 1 aromatic carbocycles. The first-order chi connectivity index (χ1) is 7.94. The first kappa shape index (κ1) is 12.5. The van der Waals surface area contributed by atoms with Gasteiger partial charge in [-0.05, 0) is 12.1 Å². The van der Waals surface area contributed by atoms with Crippen molar-refractivity contribution < 1.29 is 17.9 Å². The van der Waals surface area contributed by atoms with Crippen LogP contribution < -0.4 is 14.2 Å². The summed E-state index contributed by atoms with van der Waals surface area (Å²) in [7, 11) is -3.21. The lowest BCUT2D eigenvalue weighted by atomic mass is 10.2. The Morgan fingerprint density at radius 3 is 2.94 bits per heavy atom. The maximum absolute atomic E-state index is 10.9. The van der Waals surface area contributed by atoms with Crippen LogP contribution >= 0.6 is 11.6 Å². The Labute approximate surface area is 105 Å². The van der Waals surface area contributed by atoms with Crippen molar-refractivity contribution in [1.29, 1.82) is 0 Å². The Hall–Kier alpha value is -0.980. The predicted molar refractivity (Wildman–Crippen MR) is 64.2 cm³/mol. The van der Waals surface area contributed by atoms with Gasteiger partial charge in [-0.3, -0.25) is 0 Å². The highest BCUT2D eigenvalue weighted by atomic mass is 35.5. The molecule has 0 amide bonds. The average Bonchev–Trinajstić information content (AvgIpc) is 2.25. The lowest BCUT2D eigenvalue weighted by Gasteiger charge is -2.26. The van der Waals surface area contributed by atoms with Crippen LogP contribution in [0, 0.1) is 0 Å². The average molecular weight is 278 g/mol. The first-order valence-electron chi connectivity index (χ1n) is 4.98. The van der Waals surface area contributed by atoms with Crippen molar-refractivity contribution in [2.24, 2.45) is 0 Å². The van der Waals surface area contributed by atoms with Crippen molar-refractivity contribution in [3.8, 4) is 11.5 Å². The normalized spacial score (nSPS) is 19.1. The van der Waals surface area contributed by atoms with Crippen molar-refractivity contribution in [1.82, 2.24) is 4.72 Å². The molecule has 17 heavy (non-hydrogen) atoms. The van der Waals surface area contributed by atoms with E-state index in [4.69, 9.17) is 21.1 Å². The second-order valence-corrected chi connectivity index (χ2v) is 6.03. The van der Waals surface area contributed by atoms with Crippen molar-refractivity contribution in [3.05, 3.63) is 23.2 Å². The molecule has 1 heterocycles. The van der Waals surface area contributed by atoms with Gasteiger partial charge in [-0.1, -0.05) is 11.6 Å². The molecule has 0 bridgehead atoms. The van der Waals surface area contributed by atoms with E-state index in [1.54, 1.807) is 18.2 Å². The predicted octanol–water partition coefficient (Wildman–Crippen LogP) is 1.03. The number of benzene rings is 1. The van der Waals surface area contributed by atoms with Crippen LogP contribution in [0.2, 0.25) is 5.02 Å². The third-order valence-electron chi connectivity index (χ3n) is 2.20. The first-order valence-corrected chi connectivity index (χ1v) is 7.24. The molecule has 0 spiro atoms. The van der Waals surface area contributed by atoms with Gasteiger partial charge in [0.25, 0.3) is 0 Å². The third kappa shape index (κ3) is 3.49. The molecule has 0 saturated carbocycles. The summed E-state index contributed by atoms with van der Waals surface area (Å²) in [5.41, 5.74) is 0. The highest BCUT2D eigenvalue weighted by molar-refractivity contribution is 7.88. The third-order valence-corrected chi connectivity index (χ3v) is 3.12. The van der Waals surface area contributed by atoms with E-state index >= 15 is 0 Å². The van der Waals surface area contributed by atoms with Gasteiger partial charge < -0.3 is 9.47 Å². The maximum Gasteiger partial charge on any atom is 0.208 e. The van der Waals surface area contributed by atoms with Gasteiger partial charge >= 0.3 is 0 Å². The fourth-order valence-electron chi connectivity index (χ4n) is 1.43.